The minimum atomic E-state index is -0.427. The summed E-state index contributed by atoms with van der Waals surface area (Å²) in [6.07, 6.45) is 4.62. The van der Waals surface area contributed by atoms with Crippen LogP contribution in [0.2, 0.25) is 0 Å². The topological polar surface area (TPSA) is 98.7 Å². The maximum atomic E-state index is 11.7. The molecule has 2 heterocycles. The van der Waals surface area contributed by atoms with Crippen molar-refractivity contribution >= 4 is 17.5 Å². The zero-order chi connectivity index (χ0) is 11.5. The number of carbonyl (C=O) groups is 1. The maximum Gasteiger partial charge on any atom is 0.280 e. The lowest BCUT2D eigenvalue weighted by atomic mass is 10.3. The van der Waals surface area contributed by atoms with Gasteiger partial charge in [0, 0.05) is 25.6 Å². The smallest absolute Gasteiger partial charge is 0.280 e. The number of nitrogens with one attached hydrogen (secondary N) is 1. The number of hydrogen-bond acceptors (Lipinski definition) is 5. The molecule has 0 saturated heterocycles. The van der Waals surface area contributed by atoms with Crippen molar-refractivity contribution in [1.82, 2.24) is 19.7 Å². The highest BCUT2D eigenvalue weighted by molar-refractivity contribution is 6.05. The Morgan fingerprint density at radius 1 is 1.44 bits per heavy atom. The van der Waals surface area contributed by atoms with E-state index in [0.29, 0.717) is 5.69 Å². The Labute approximate surface area is 91.3 Å². The number of nitrogens with two attached hydrogens (primary N) is 1. The molecule has 0 aliphatic rings. The fourth-order valence-corrected chi connectivity index (χ4v) is 1.21. The molecular formula is C9H10N6O. The molecule has 0 unspecified atom stereocenters. The van der Waals surface area contributed by atoms with Crippen LogP contribution in [0.15, 0.2) is 24.7 Å². The average molecular weight is 218 g/mol. The van der Waals surface area contributed by atoms with E-state index in [4.69, 9.17) is 5.73 Å². The normalized spacial score (nSPS) is 10.1. The van der Waals surface area contributed by atoms with E-state index in [0.717, 1.165) is 0 Å². The summed E-state index contributed by atoms with van der Waals surface area (Å²) in [5.74, 6) is -0.207. The van der Waals surface area contributed by atoms with Gasteiger partial charge in [0.25, 0.3) is 5.91 Å². The largest absolute Gasteiger partial charge is 0.396 e. The van der Waals surface area contributed by atoms with Crippen LogP contribution < -0.4 is 11.1 Å². The first-order valence-electron chi connectivity index (χ1n) is 4.54. The van der Waals surface area contributed by atoms with Crippen molar-refractivity contribution in [1.29, 1.82) is 0 Å². The first kappa shape index (κ1) is 10.1. The zero-order valence-corrected chi connectivity index (χ0v) is 8.58. The summed E-state index contributed by atoms with van der Waals surface area (Å²) >= 11 is 0. The number of aromatic nitrogens is 4. The molecule has 0 saturated carbocycles. The van der Waals surface area contributed by atoms with Crippen LogP contribution in [0, 0.1) is 0 Å². The molecule has 7 nitrogen and oxygen atoms in total. The molecule has 16 heavy (non-hydrogen) atoms. The minimum Gasteiger partial charge on any atom is -0.396 e. The summed E-state index contributed by atoms with van der Waals surface area (Å²) in [7, 11) is 1.69. The first-order chi connectivity index (χ1) is 7.66. The van der Waals surface area contributed by atoms with Crippen LogP contribution in [-0.4, -0.2) is 25.7 Å². The molecule has 0 aromatic carbocycles. The molecule has 2 aromatic rings. The highest BCUT2D eigenvalue weighted by Gasteiger charge is 2.14. The molecule has 0 aliphatic heterocycles. The summed E-state index contributed by atoms with van der Waals surface area (Å²) < 4.78 is 1.47. The Hall–Kier alpha value is -2.44. The average Bonchev–Trinajstić information content (AvgIpc) is 2.59. The lowest BCUT2D eigenvalue weighted by Crippen LogP contribution is -2.16. The van der Waals surface area contributed by atoms with E-state index in [1.54, 1.807) is 19.3 Å². The third-order valence-corrected chi connectivity index (χ3v) is 1.86. The number of rotatable bonds is 2. The van der Waals surface area contributed by atoms with Crippen LogP contribution in [-0.2, 0) is 7.05 Å². The Morgan fingerprint density at radius 3 is 2.69 bits per heavy atom. The second-order valence-corrected chi connectivity index (χ2v) is 3.13. The van der Waals surface area contributed by atoms with Crippen molar-refractivity contribution in [2.45, 2.75) is 0 Å². The third kappa shape index (κ3) is 1.97. The van der Waals surface area contributed by atoms with E-state index in [9.17, 15) is 4.79 Å². The van der Waals surface area contributed by atoms with E-state index in [-0.39, 0.29) is 11.6 Å². The Bertz CT molecular complexity index is 506. The predicted octanol–water partition coefficient (Wildman–Crippen LogP) is 0.0446. The number of carbonyl (C=O) groups excluding carboxylic acids is 1. The summed E-state index contributed by atoms with van der Waals surface area (Å²) in [6.45, 7) is 0. The van der Waals surface area contributed by atoms with Gasteiger partial charge < -0.3 is 5.73 Å². The van der Waals surface area contributed by atoms with Crippen LogP contribution >= 0.6 is 0 Å². The lowest BCUT2D eigenvalue weighted by Gasteiger charge is -2.00. The quantitative estimate of drug-likeness (QED) is 0.741. The van der Waals surface area contributed by atoms with Gasteiger partial charge >= 0.3 is 0 Å². The van der Waals surface area contributed by atoms with E-state index in [1.165, 1.54) is 17.1 Å². The lowest BCUT2D eigenvalue weighted by molar-refractivity contribution is 0.102. The summed E-state index contributed by atoms with van der Waals surface area (Å²) in [5.41, 5.74) is 6.09. The van der Waals surface area contributed by atoms with Crippen LogP contribution in [0.4, 0.5) is 11.6 Å². The van der Waals surface area contributed by atoms with Crippen molar-refractivity contribution in [2.24, 2.45) is 7.05 Å². The fourth-order valence-electron chi connectivity index (χ4n) is 1.21. The van der Waals surface area contributed by atoms with Gasteiger partial charge in [0.05, 0.1) is 5.69 Å². The van der Waals surface area contributed by atoms with Crippen molar-refractivity contribution in [3.63, 3.8) is 0 Å². The van der Waals surface area contributed by atoms with E-state index in [2.05, 4.69) is 20.4 Å². The zero-order valence-electron chi connectivity index (χ0n) is 8.58. The van der Waals surface area contributed by atoms with Gasteiger partial charge in [0.2, 0.25) is 5.95 Å². The molecule has 2 aromatic heterocycles. The van der Waals surface area contributed by atoms with Gasteiger partial charge in [-0.15, -0.1) is 0 Å². The monoisotopic (exact) mass is 218 g/mol. The highest BCUT2D eigenvalue weighted by atomic mass is 16.2. The van der Waals surface area contributed by atoms with Gasteiger partial charge in [-0.1, -0.05) is 0 Å². The van der Waals surface area contributed by atoms with E-state index in [1.807, 2.05) is 0 Å². The molecule has 7 heteroatoms. The molecule has 0 atom stereocenters. The second kappa shape index (κ2) is 3.97. The Morgan fingerprint density at radius 2 is 2.12 bits per heavy atom. The number of anilines is 2. The molecule has 1 amide bonds. The number of amides is 1. The van der Waals surface area contributed by atoms with Crippen molar-refractivity contribution in [2.75, 3.05) is 11.1 Å². The molecule has 3 N–H and O–H groups in total. The first-order valence-corrected chi connectivity index (χ1v) is 4.54. The SMILES string of the molecule is Cn1cc(N)c(C(=O)Nc2ncccn2)n1. The molecule has 0 spiro atoms. The number of nitrogens with zero attached hydrogens (tertiary/aromatic N) is 4. The van der Waals surface area contributed by atoms with Crippen molar-refractivity contribution in [3.05, 3.63) is 30.4 Å². The van der Waals surface area contributed by atoms with E-state index < -0.39 is 5.91 Å². The Kier molecular flexibility index (Phi) is 2.50. The third-order valence-electron chi connectivity index (χ3n) is 1.86. The molecule has 0 radical (unpaired) electrons. The predicted molar refractivity (Wildman–Crippen MR) is 57.6 cm³/mol. The second-order valence-electron chi connectivity index (χ2n) is 3.13. The van der Waals surface area contributed by atoms with Gasteiger partial charge in [0.15, 0.2) is 5.69 Å². The van der Waals surface area contributed by atoms with Gasteiger partial charge in [-0.2, -0.15) is 5.10 Å². The molecule has 0 fully saturated rings. The number of aryl methyl sites for hydroxylation is 1. The Balaban J connectivity index is 2.18. The minimum absolute atomic E-state index is 0.162. The number of hydrogen-bond donors (Lipinski definition) is 2. The molecular weight excluding hydrogens is 208 g/mol. The number of nitrogen functional groups attached to an aromatic ring is 1. The van der Waals surface area contributed by atoms with Gasteiger partial charge in [0.1, 0.15) is 0 Å². The van der Waals surface area contributed by atoms with Crippen LogP contribution in [0.5, 0.6) is 0 Å². The molecule has 0 bridgehead atoms. The molecule has 82 valence electrons. The maximum absolute atomic E-state index is 11.7. The standard InChI is InChI=1S/C9H10N6O/c1-15-5-6(10)7(14-15)8(16)13-9-11-3-2-4-12-9/h2-5H,10H2,1H3,(H,11,12,13,16). The van der Waals surface area contributed by atoms with Crippen LogP contribution in [0.3, 0.4) is 0 Å². The molecule has 2 rings (SSSR count). The van der Waals surface area contributed by atoms with Crippen molar-refractivity contribution in [3.8, 4) is 0 Å². The highest BCUT2D eigenvalue weighted by Crippen LogP contribution is 2.09. The van der Waals surface area contributed by atoms with Crippen LogP contribution in [0.25, 0.3) is 0 Å². The van der Waals surface area contributed by atoms with Gasteiger partial charge in [-0.25, -0.2) is 9.97 Å². The summed E-state index contributed by atoms with van der Waals surface area (Å²) in [5, 5.41) is 6.43. The fraction of sp³-hybridized carbons (Fsp3) is 0.111. The van der Waals surface area contributed by atoms with Gasteiger partial charge in [-0.05, 0) is 6.07 Å². The van der Waals surface area contributed by atoms with E-state index >= 15 is 0 Å². The summed E-state index contributed by atoms with van der Waals surface area (Å²) in [6, 6.07) is 1.66. The molecule has 0 aliphatic carbocycles. The van der Waals surface area contributed by atoms with Crippen LogP contribution in [0.1, 0.15) is 10.5 Å². The van der Waals surface area contributed by atoms with Crippen molar-refractivity contribution < 1.29 is 4.79 Å². The van der Waals surface area contributed by atoms with Gasteiger partial charge in [-0.3, -0.25) is 14.8 Å². The summed E-state index contributed by atoms with van der Waals surface area (Å²) in [4.78, 5) is 19.4.